The lowest BCUT2D eigenvalue weighted by atomic mass is 10.0. The van der Waals surface area contributed by atoms with E-state index in [1.54, 1.807) is 18.2 Å². The van der Waals surface area contributed by atoms with Crippen LogP contribution in [0.1, 0.15) is 16.7 Å². The van der Waals surface area contributed by atoms with Crippen molar-refractivity contribution in [1.29, 1.82) is 0 Å². The van der Waals surface area contributed by atoms with Gasteiger partial charge in [0.1, 0.15) is 18.5 Å². The van der Waals surface area contributed by atoms with Gasteiger partial charge in [0.2, 0.25) is 0 Å². The molecule has 4 rings (SSSR count). The molecule has 0 amide bonds. The molecule has 0 aliphatic heterocycles. The molecule has 0 unspecified atom stereocenters. The highest BCUT2D eigenvalue weighted by Gasteiger charge is 2.30. The summed E-state index contributed by atoms with van der Waals surface area (Å²) in [5, 5.41) is 19.3. The lowest BCUT2D eigenvalue weighted by Gasteiger charge is -2.12. The molecule has 0 saturated carbocycles. The number of nitrogens with zero attached hydrogens (tertiary/aromatic N) is 1. The number of pyridine rings is 1. The summed E-state index contributed by atoms with van der Waals surface area (Å²) in [7, 11) is 0. The van der Waals surface area contributed by atoms with E-state index in [2.05, 4.69) is 0 Å². The number of aliphatic hydroxyl groups is 2. The minimum absolute atomic E-state index is 0.0177. The first kappa shape index (κ1) is 22.8. The number of ether oxygens (including phenoxy) is 1. The molecule has 0 saturated heterocycles. The van der Waals surface area contributed by atoms with Gasteiger partial charge < -0.3 is 14.9 Å². The van der Waals surface area contributed by atoms with Crippen molar-refractivity contribution in [3.05, 3.63) is 95.6 Å². The summed E-state index contributed by atoms with van der Waals surface area (Å²) in [5.74, 6) is 0.567. The van der Waals surface area contributed by atoms with E-state index in [0.29, 0.717) is 23.4 Å². The fraction of sp³-hybridized carbons (Fsp3) is 0.192. The van der Waals surface area contributed by atoms with Crippen LogP contribution in [0, 0.1) is 0 Å². The molecule has 3 aromatic carbocycles. The number of para-hydroxylation sites is 1. The summed E-state index contributed by atoms with van der Waals surface area (Å²) in [4.78, 5) is 4.70. The smallest absolute Gasteiger partial charge is 0.416 e. The predicted molar refractivity (Wildman–Crippen MR) is 120 cm³/mol. The molecule has 0 bridgehead atoms. The van der Waals surface area contributed by atoms with Gasteiger partial charge in [0, 0.05) is 10.9 Å². The molecule has 0 fully saturated rings. The molecule has 1 heterocycles. The van der Waals surface area contributed by atoms with Crippen LogP contribution < -0.4 is 4.74 Å². The number of aromatic nitrogens is 1. The zero-order chi connectivity index (χ0) is 23.4. The average Bonchev–Trinajstić information content (AvgIpc) is 2.82. The topological polar surface area (TPSA) is 62.6 Å². The Balaban J connectivity index is 1.65. The van der Waals surface area contributed by atoms with Crippen LogP contribution in [0.4, 0.5) is 13.2 Å². The van der Waals surface area contributed by atoms with Crippen LogP contribution >= 0.6 is 0 Å². The van der Waals surface area contributed by atoms with Crippen molar-refractivity contribution in [2.75, 3.05) is 13.2 Å². The van der Waals surface area contributed by atoms with Crippen molar-refractivity contribution >= 4 is 10.9 Å². The third kappa shape index (κ3) is 5.50. The average molecular weight is 453 g/mol. The minimum atomic E-state index is -4.42. The van der Waals surface area contributed by atoms with Crippen molar-refractivity contribution in [1.82, 2.24) is 4.98 Å². The Morgan fingerprint density at radius 1 is 0.909 bits per heavy atom. The van der Waals surface area contributed by atoms with Gasteiger partial charge in [-0.05, 0) is 47.9 Å². The summed E-state index contributed by atoms with van der Waals surface area (Å²) in [6.45, 7) is -0.397. The molecule has 33 heavy (non-hydrogen) atoms. The first-order valence-electron chi connectivity index (χ1n) is 10.4. The monoisotopic (exact) mass is 453 g/mol. The molecule has 2 N–H and O–H groups in total. The zero-order valence-electron chi connectivity index (χ0n) is 17.6. The van der Waals surface area contributed by atoms with Crippen LogP contribution in [-0.2, 0) is 12.6 Å². The van der Waals surface area contributed by atoms with Gasteiger partial charge in [0.15, 0.2) is 0 Å². The molecule has 1 aromatic heterocycles. The quantitative estimate of drug-likeness (QED) is 0.402. The molecule has 0 aliphatic rings. The summed E-state index contributed by atoms with van der Waals surface area (Å²) in [6, 6.07) is 21.9. The van der Waals surface area contributed by atoms with Gasteiger partial charge >= 0.3 is 6.18 Å². The fourth-order valence-corrected chi connectivity index (χ4v) is 3.58. The SMILES string of the molecule is OC[C@H](O)COc1cccc(Cc2cccc3ccc(-c4cccc(C(F)(F)F)c4)nc23)c1. The highest BCUT2D eigenvalue weighted by Crippen LogP contribution is 2.32. The Morgan fingerprint density at radius 3 is 2.48 bits per heavy atom. The maximum absolute atomic E-state index is 13.1. The number of alkyl halides is 3. The number of hydrogen-bond donors (Lipinski definition) is 2. The maximum Gasteiger partial charge on any atom is 0.416 e. The minimum Gasteiger partial charge on any atom is -0.491 e. The molecule has 0 spiro atoms. The van der Waals surface area contributed by atoms with Crippen molar-refractivity contribution in [2.24, 2.45) is 0 Å². The van der Waals surface area contributed by atoms with E-state index in [-0.39, 0.29) is 13.2 Å². The third-order valence-corrected chi connectivity index (χ3v) is 5.24. The van der Waals surface area contributed by atoms with Gasteiger partial charge in [-0.1, -0.05) is 48.5 Å². The maximum atomic E-state index is 13.1. The second-order valence-electron chi connectivity index (χ2n) is 7.74. The van der Waals surface area contributed by atoms with Crippen molar-refractivity contribution in [2.45, 2.75) is 18.7 Å². The van der Waals surface area contributed by atoms with Gasteiger partial charge in [0.25, 0.3) is 0 Å². The number of fused-ring (bicyclic) bond motifs is 1. The molecule has 7 heteroatoms. The first-order chi connectivity index (χ1) is 15.8. The standard InChI is InChI=1S/C26H22F3NO3/c27-26(28,29)21-8-3-6-19(14-21)24-11-10-18-5-2-7-20(25(18)30-24)12-17-4-1-9-23(13-17)33-16-22(32)15-31/h1-11,13-14,22,31-32H,12,15-16H2/t22-/m0/s1. The van der Waals surface area contributed by atoms with Gasteiger partial charge in [-0.25, -0.2) is 4.98 Å². The number of hydrogen-bond acceptors (Lipinski definition) is 4. The van der Waals surface area contributed by atoms with E-state index in [4.69, 9.17) is 14.8 Å². The molecule has 4 aromatic rings. The predicted octanol–water partition coefficient (Wildman–Crippen LogP) is 5.24. The molecule has 170 valence electrons. The number of benzene rings is 3. The number of rotatable bonds is 7. The van der Waals surface area contributed by atoms with Crippen LogP contribution in [0.3, 0.4) is 0 Å². The van der Waals surface area contributed by atoms with E-state index in [1.165, 1.54) is 6.07 Å². The Kier molecular flexibility index (Phi) is 6.62. The van der Waals surface area contributed by atoms with Crippen LogP contribution in [0.5, 0.6) is 5.75 Å². The van der Waals surface area contributed by atoms with Crippen molar-refractivity contribution in [3.8, 4) is 17.0 Å². The molecule has 0 aliphatic carbocycles. The van der Waals surface area contributed by atoms with E-state index < -0.39 is 17.8 Å². The molecule has 1 atom stereocenters. The second-order valence-corrected chi connectivity index (χ2v) is 7.74. The van der Waals surface area contributed by atoms with E-state index in [9.17, 15) is 18.3 Å². The number of aliphatic hydroxyl groups excluding tert-OH is 2. The summed E-state index contributed by atoms with van der Waals surface area (Å²) in [6.07, 6.45) is -4.83. The Bertz CT molecular complexity index is 1260. The van der Waals surface area contributed by atoms with Gasteiger partial charge in [-0.2, -0.15) is 13.2 Å². The van der Waals surface area contributed by atoms with Crippen LogP contribution in [0.2, 0.25) is 0 Å². The van der Waals surface area contributed by atoms with Gasteiger partial charge in [-0.15, -0.1) is 0 Å². The summed E-state index contributed by atoms with van der Waals surface area (Å²) in [5.41, 5.74) is 2.75. The van der Waals surface area contributed by atoms with Gasteiger partial charge in [0.05, 0.1) is 23.4 Å². The highest BCUT2D eigenvalue weighted by atomic mass is 19.4. The van der Waals surface area contributed by atoms with Crippen LogP contribution in [-0.4, -0.2) is 34.5 Å². The summed E-state index contributed by atoms with van der Waals surface area (Å²) >= 11 is 0. The third-order valence-electron chi connectivity index (χ3n) is 5.24. The normalized spacial score (nSPS) is 12.6. The van der Waals surface area contributed by atoms with Gasteiger partial charge in [-0.3, -0.25) is 0 Å². The largest absolute Gasteiger partial charge is 0.491 e. The van der Waals surface area contributed by atoms with Crippen molar-refractivity contribution < 1.29 is 28.1 Å². The Labute approximate surface area is 188 Å². The fourth-order valence-electron chi connectivity index (χ4n) is 3.58. The number of halogens is 3. The van der Waals surface area contributed by atoms with Crippen molar-refractivity contribution in [3.63, 3.8) is 0 Å². The van der Waals surface area contributed by atoms with E-state index in [1.807, 2.05) is 42.5 Å². The van der Waals surface area contributed by atoms with Crippen LogP contribution in [0.25, 0.3) is 22.2 Å². The molecule has 4 nitrogen and oxygen atoms in total. The van der Waals surface area contributed by atoms with E-state index >= 15 is 0 Å². The summed E-state index contributed by atoms with van der Waals surface area (Å²) < 4.78 is 44.9. The van der Waals surface area contributed by atoms with Crippen LogP contribution in [0.15, 0.2) is 78.9 Å². The second kappa shape index (κ2) is 9.60. The highest BCUT2D eigenvalue weighted by molar-refractivity contribution is 5.84. The molecule has 0 radical (unpaired) electrons. The molecular weight excluding hydrogens is 431 g/mol. The Morgan fingerprint density at radius 2 is 1.70 bits per heavy atom. The lowest BCUT2D eigenvalue weighted by molar-refractivity contribution is -0.137. The first-order valence-corrected chi connectivity index (χ1v) is 10.4. The zero-order valence-corrected chi connectivity index (χ0v) is 17.6. The Hall–Kier alpha value is -3.42. The lowest BCUT2D eigenvalue weighted by Crippen LogP contribution is -2.21. The van der Waals surface area contributed by atoms with E-state index in [0.717, 1.165) is 34.2 Å². The molecular formula is C26H22F3NO3.